The highest BCUT2D eigenvalue weighted by molar-refractivity contribution is 7.90. The molecule has 0 aromatic heterocycles. The topological polar surface area (TPSA) is 58.2 Å². The van der Waals surface area contributed by atoms with Crippen molar-refractivity contribution in [1.82, 2.24) is 10.0 Å². The molecule has 1 aliphatic rings. The molecule has 17 heavy (non-hydrogen) atoms. The Bertz CT molecular complexity index is 310. The molecule has 1 aliphatic carbocycles. The third-order valence-corrected chi connectivity index (χ3v) is 4.97. The summed E-state index contributed by atoms with van der Waals surface area (Å²) in [6.45, 7) is 6.88. The third kappa shape index (κ3) is 6.38. The first-order valence-electron chi connectivity index (χ1n) is 6.63. The van der Waals surface area contributed by atoms with Crippen molar-refractivity contribution in [3.8, 4) is 0 Å². The highest BCUT2D eigenvalue weighted by Gasteiger charge is 2.22. The zero-order valence-electron chi connectivity index (χ0n) is 11.2. The van der Waals surface area contributed by atoms with Crippen molar-refractivity contribution in [2.75, 3.05) is 13.1 Å². The smallest absolute Gasteiger partial charge is 0.215 e. The molecule has 4 nitrogen and oxygen atoms in total. The molecule has 1 atom stereocenters. The van der Waals surface area contributed by atoms with Crippen molar-refractivity contribution >= 4 is 10.0 Å². The van der Waals surface area contributed by atoms with Gasteiger partial charge < -0.3 is 5.32 Å². The molecule has 2 N–H and O–H groups in total. The predicted octanol–water partition coefficient (Wildman–Crippen LogP) is 1.48. The average molecular weight is 262 g/mol. The summed E-state index contributed by atoms with van der Waals surface area (Å²) in [7, 11) is -3.15. The van der Waals surface area contributed by atoms with Crippen LogP contribution in [0, 0.1) is 5.92 Å². The van der Waals surface area contributed by atoms with Gasteiger partial charge in [0.15, 0.2) is 0 Å². The Kier molecular flexibility index (Phi) is 5.89. The minimum atomic E-state index is -3.15. The van der Waals surface area contributed by atoms with Crippen molar-refractivity contribution < 1.29 is 8.42 Å². The van der Waals surface area contributed by atoms with Crippen LogP contribution in [-0.2, 0) is 10.0 Å². The van der Waals surface area contributed by atoms with Gasteiger partial charge in [-0.15, -0.1) is 0 Å². The summed E-state index contributed by atoms with van der Waals surface area (Å²) in [5.74, 6) is 0.875. The SMILES string of the molecule is CC(C)NCC(C)S(=O)(=O)NCCCC1CC1. The van der Waals surface area contributed by atoms with Crippen LogP contribution in [0.4, 0.5) is 0 Å². The Morgan fingerprint density at radius 2 is 1.88 bits per heavy atom. The maximum absolute atomic E-state index is 11.9. The fourth-order valence-corrected chi connectivity index (χ4v) is 2.69. The summed E-state index contributed by atoms with van der Waals surface area (Å²) in [5, 5.41) is 2.78. The lowest BCUT2D eigenvalue weighted by atomic mass is 10.2. The predicted molar refractivity (Wildman–Crippen MR) is 71.5 cm³/mol. The van der Waals surface area contributed by atoms with E-state index in [2.05, 4.69) is 10.0 Å². The molecule has 0 spiro atoms. The first-order chi connectivity index (χ1) is 7.92. The van der Waals surface area contributed by atoms with Gasteiger partial charge in [-0.05, 0) is 25.7 Å². The summed E-state index contributed by atoms with van der Waals surface area (Å²) in [5.41, 5.74) is 0. The molecule has 0 heterocycles. The Balaban J connectivity index is 2.17. The summed E-state index contributed by atoms with van der Waals surface area (Å²) in [6.07, 6.45) is 4.80. The number of nitrogens with one attached hydrogen (secondary N) is 2. The molecule has 0 aliphatic heterocycles. The summed E-state index contributed by atoms with van der Waals surface area (Å²) >= 11 is 0. The zero-order chi connectivity index (χ0) is 12.9. The van der Waals surface area contributed by atoms with Gasteiger partial charge in [0.25, 0.3) is 0 Å². The largest absolute Gasteiger partial charge is 0.313 e. The van der Waals surface area contributed by atoms with Crippen LogP contribution < -0.4 is 10.0 Å². The molecule has 0 aromatic rings. The third-order valence-electron chi connectivity index (χ3n) is 3.13. The van der Waals surface area contributed by atoms with Gasteiger partial charge in [-0.3, -0.25) is 0 Å². The quantitative estimate of drug-likeness (QED) is 0.619. The van der Waals surface area contributed by atoms with Crippen LogP contribution in [0.5, 0.6) is 0 Å². The van der Waals surface area contributed by atoms with Gasteiger partial charge in [-0.1, -0.05) is 26.7 Å². The molecule has 0 radical (unpaired) electrons. The highest BCUT2D eigenvalue weighted by atomic mass is 32.2. The molecule has 102 valence electrons. The van der Waals surface area contributed by atoms with Crippen LogP contribution in [-0.4, -0.2) is 32.8 Å². The van der Waals surface area contributed by atoms with Gasteiger partial charge in [0.1, 0.15) is 0 Å². The van der Waals surface area contributed by atoms with E-state index in [1.54, 1.807) is 6.92 Å². The molecule has 0 saturated heterocycles. The number of hydrogen-bond donors (Lipinski definition) is 2. The van der Waals surface area contributed by atoms with E-state index in [1.165, 1.54) is 19.3 Å². The maximum atomic E-state index is 11.9. The Morgan fingerprint density at radius 1 is 1.24 bits per heavy atom. The van der Waals surface area contributed by atoms with Crippen LogP contribution in [0.2, 0.25) is 0 Å². The molecular weight excluding hydrogens is 236 g/mol. The zero-order valence-corrected chi connectivity index (χ0v) is 12.0. The molecule has 5 heteroatoms. The van der Waals surface area contributed by atoms with E-state index in [1.807, 2.05) is 13.8 Å². The van der Waals surface area contributed by atoms with Crippen LogP contribution in [0.3, 0.4) is 0 Å². The first-order valence-corrected chi connectivity index (χ1v) is 8.18. The Labute approximate surface area is 106 Å². The fraction of sp³-hybridized carbons (Fsp3) is 1.00. The van der Waals surface area contributed by atoms with Crippen molar-refractivity contribution in [3.05, 3.63) is 0 Å². The lowest BCUT2D eigenvalue weighted by Crippen LogP contribution is -2.41. The van der Waals surface area contributed by atoms with Gasteiger partial charge in [0.2, 0.25) is 10.0 Å². The lowest BCUT2D eigenvalue weighted by molar-refractivity contribution is 0.536. The molecular formula is C12H26N2O2S. The minimum Gasteiger partial charge on any atom is -0.313 e. The summed E-state index contributed by atoms with van der Waals surface area (Å²) < 4.78 is 26.4. The molecule has 1 unspecified atom stereocenters. The second kappa shape index (κ2) is 6.71. The van der Waals surface area contributed by atoms with Crippen LogP contribution >= 0.6 is 0 Å². The summed E-state index contributed by atoms with van der Waals surface area (Å²) in [6, 6.07) is 0.322. The van der Waals surface area contributed by atoms with E-state index >= 15 is 0 Å². The molecule has 0 bridgehead atoms. The van der Waals surface area contributed by atoms with Crippen molar-refractivity contribution in [2.45, 2.75) is 57.7 Å². The van der Waals surface area contributed by atoms with E-state index in [4.69, 9.17) is 0 Å². The number of sulfonamides is 1. The van der Waals surface area contributed by atoms with Gasteiger partial charge in [-0.2, -0.15) is 0 Å². The molecule has 1 fully saturated rings. The highest BCUT2D eigenvalue weighted by Crippen LogP contribution is 2.33. The van der Waals surface area contributed by atoms with Gasteiger partial charge >= 0.3 is 0 Å². The maximum Gasteiger partial charge on any atom is 0.215 e. The van der Waals surface area contributed by atoms with E-state index in [9.17, 15) is 8.42 Å². The second-order valence-corrected chi connectivity index (χ2v) is 7.58. The summed E-state index contributed by atoms with van der Waals surface area (Å²) in [4.78, 5) is 0. The molecule has 1 rings (SSSR count). The van der Waals surface area contributed by atoms with Crippen LogP contribution in [0.25, 0.3) is 0 Å². The van der Waals surface area contributed by atoms with Crippen molar-refractivity contribution in [1.29, 1.82) is 0 Å². The number of rotatable bonds is 9. The van der Waals surface area contributed by atoms with Crippen LogP contribution in [0.15, 0.2) is 0 Å². The Morgan fingerprint density at radius 3 is 2.41 bits per heavy atom. The van der Waals surface area contributed by atoms with Gasteiger partial charge in [0, 0.05) is 19.1 Å². The van der Waals surface area contributed by atoms with E-state index < -0.39 is 10.0 Å². The van der Waals surface area contributed by atoms with E-state index in [0.29, 0.717) is 19.1 Å². The normalized spacial score (nSPS) is 18.6. The second-order valence-electron chi connectivity index (χ2n) is 5.40. The fourth-order valence-electron chi connectivity index (χ4n) is 1.67. The first kappa shape index (κ1) is 14.9. The standard InChI is InChI=1S/C12H26N2O2S/c1-10(2)13-9-11(3)17(15,16)14-8-4-5-12-6-7-12/h10-14H,4-9H2,1-3H3. The minimum absolute atomic E-state index is 0.322. The monoisotopic (exact) mass is 262 g/mol. The molecule has 0 aromatic carbocycles. The van der Waals surface area contributed by atoms with Crippen molar-refractivity contribution in [2.24, 2.45) is 5.92 Å². The van der Waals surface area contributed by atoms with E-state index in [-0.39, 0.29) is 5.25 Å². The number of hydrogen-bond acceptors (Lipinski definition) is 3. The van der Waals surface area contributed by atoms with Crippen molar-refractivity contribution in [3.63, 3.8) is 0 Å². The molecule has 1 saturated carbocycles. The molecule has 0 amide bonds. The van der Waals surface area contributed by atoms with Gasteiger partial charge in [0.05, 0.1) is 5.25 Å². The Hall–Kier alpha value is -0.130. The lowest BCUT2D eigenvalue weighted by Gasteiger charge is -2.16. The van der Waals surface area contributed by atoms with Gasteiger partial charge in [-0.25, -0.2) is 13.1 Å². The average Bonchev–Trinajstić information content (AvgIpc) is 3.04. The van der Waals surface area contributed by atoms with Crippen LogP contribution in [0.1, 0.15) is 46.5 Å². The van der Waals surface area contributed by atoms with E-state index in [0.717, 1.165) is 12.3 Å².